The Labute approximate surface area is 116 Å². The van der Waals surface area contributed by atoms with Crippen LogP contribution in [0, 0.1) is 17.5 Å². The number of carboxylic acid groups (broad SMARTS) is 1. The average Bonchev–Trinajstić information content (AvgIpc) is 2.72. The van der Waals surface area contributed by atoms with Crippen LogP contribution in [0.1, 0.15) is 22.2 Å². The van der Waals surface area contributed by atoms with E-state index in [9.17, 15) is 18.0 Å². The van der Waals surface area contributed by atoms with Gasteiger partial charge in [0.1, 0.15) is 4.88 Å². The highest BCUT2D eigenvalue weighted by Gasteiger charge is 2.22. The summed E-state index contributed by atoms with van der Waals surface area (Å²) in [6.45, 7) is 1.74. The largest absolute Gasteiger partial charge is 0.477 e. The Kier molecular flexibility index (Phi) is 3.71. The van der Waals surface area contributed by atoms with Gasteiger partial charge in [0, 0.05) is 4.88 Å². The molecule has 0 aliphatic rings. The van der Waals surface area contributed by atoms with Crippen LogP contribution in [-0.2, 0) is 6.42 Å². The second-order valence-electron chi connectivity index (χ2n) is 4.07. The summed E-state index contributed by atoms with van der Waals surface area (Å²) in [5.41, 5.74) is 6.36. The van der Waals surface area contributed by atoms with Gasteiger partial charge in [-0.1, -0.05) is 6.92 Å². The van der Waals surface area contributed by atoms with E-state index in [1.165, 1.54) is 0 Å². The van der Waals surface area contributed by atoms with Crippen molar-refractivity contribution in [3.8, 4) is 10.4 Å². The molecule has 0 aliphatic heterocycles. The van der Waals surface area contributed by atoms with Gasteiger partial charge >= 0.3 is 5.97 Å². The highest BCUT2D eigenvalue weighted by molar-refractivity contribution is 7.18. The number of benzene rings is 1. The molecule has 7 heteroatoms. The first-order valence-electron chi connectivity index (χ1n) is 5.66. The normalized spacial score (nSPS) is 10.8. The third-order valence-corrected chi connectivity index (χ3v) is 4.13. The number of carboxylic acids is 1. The molecule has 0 radical (unpaired) electrons. The summed E-state index contributed by atoms with van der Waals surface area (Å²) in [4.78, 5) is 11.3. The van der Waals surface area contributed by atoms with E-state index in [1.54, 1.807) is 6.92 Å². The molecule has 1 aromatic heterocycles. The Balaban J connectivity index is 2.69. The van der Waals surface area contributed by atoms with Gasteiger partial charge in [0.25, 0.3) is 0 Å². The van der Waals surface area contributed by atoms with Crippen molar-refractivity contribution in [2.45, 2.75) is 13.3 Å². The van der Waals surface area contributed by atoms with Gasteiger partial charge in [0.15, 0.2) is 17.5 Å². The van der Waals surface area contributed by atoms with Crippen LogP contribution in [0.5, 0.6) is 0 Å². The van der Waals surface area contributed by atoms with Crippen molar-refractivity contribution >= 4 is 23.0 Å². The zero-order valence-electron chi connectivity index (χ0n) is 10.3. The zero-order valence-corrected chi connectivity index (χ0v) is 11.2. The maximum atomic E-state index is 13.3. The molecule has 0 unspecified atom stereocenters. The third-order valence-electron chi connectivity index (χ3n) is 2.84. The quantitative estimate of drug-likeness (QED) is 0.850. The lowest BCUT2D eigenvalue weighted by Crippen LogP contribution is -1.99. The fourth-order valence-electron chi connectivity index (χ4n) is 1.91. The first-order valence-corrected chi connectivity index (χ1v) is 6.47. The van der Waals surface area contributed by atoms with E-state index >= 15 is 0 Å². The Morgan fingerprint density at radius 1 is 1.30 bits per heavy atom. The smallest absolute Gasteiger partial charge is 0.348 e. The molecular weight excluding hydrogens is 291 g/mol. The number of hydrogen-bond acceptors (Lipinski definition) is 3. The van der Waals surface area contributed by atoms with Gasteiger partial charge in [-0.15, -0.1) is 11.3 Å². The van der Waals surface area contributed by atoms with E-state index in [0.29, 0.717) is 16.9 Å². The molecule has 1 aromatic carbocycles. The minimum Gasteiger partial charge on any atom is -0.477 e. The fraction of sp³-hybridized carbons (Fsp3) is 0.154. The summed E-state index contributed by atoms with van der Waals surface area (Å²) in [5, 5.41) is 9.02. The lowest BCUT2D eigenvalue weighted by Gasteiger charge is -2.04. The lowest BCUT2D eigenvalue weighted by molar-refractivity contribution is 0.0703. The molecule has 2 rings (SSSR count). The molecule has 0 amide bonds. The summed E-state index contributed by atoms with van der Waals surface area (Å²) in [6.07, 6.45) is 0.394. The number of thiophene rings is 1. The first-order chi connectivity index (χ1) is 9.36. The molecule has 2 aromatic rings. The molecule has 0 saturated carbocycles. The number of hydrogen-bond donors (Lipinski definition) is 2. The second-order valence-corrected chi connectivity index (χ2v) is 5.09. The fourth-order valence-corrected chi connectivity index (χ4v) is 3.05. The zero-order chi connectivity index (χ0) is 15.0. The van der Waals surface area contributed by atoms with Gasteiger partial charge in [-0.3, -0.25) is 0 Å². The average molecular weight is 301 g/mol. The molecule has 0 bridgehead atoms. The number of rotatable bonds is 3. The van der Waals surface area contributed by atoms with Gasteiger partial charge in [-0.2, -0.15) is 0 Å². The maximum Gasteiger partial charge on any atom is 0.348 e. The van der Waals surface area contributed by atoms with Gasteiger partial charge < -0.3 is 10.8 Å². The molecule has 3 nitrogen and oxygen atoms in total. The van der Waals surface area contributed by atoms with E-state index in [4.69, 9.17) is 10.8 Å². The van der Waals surface area contributed by atoms with Gasteiger partial charge in [0.2, 0.25) is 0 Å². The van der Waals surface area contributed by atoms with E-state index in [0.717, 1.165) is 23.5 Å². The van der Waals surface area contributed by atoms with Crippen molar-refractivity contribution in [1.29, 1.82) is 0 Å². The van der Waals surface area contributed by atoms with Crippen molar-refractivity contribution in [2.24, 2.45) is 0 Å². The predicted octanol–water partition coefficient (Wildman–Crippen LogP) is 3.68. The molecule has 1 heterocycles. The molecule has 0 saturated heterocycles. The maximum absolute atomic E-state index is 13.3. The van der Waals surface area contributed by atoms with Crippen LogP contribution in [0.4, 0.5) is 18.9 Å². The van der Waals surface area contributed by atoms with E-state index in [-0.39, 0.29) is 16.1 Å². The van der Waals surface area contributed by atoms with Gasteiger partial charge in [-0.05, 0) is 29.7 Å². The van der Waals surface area contributed by atoms with Gasteiger partial charge in [-0.25, -0.2) is 18.0 Å². The molecule has 0 fully saturated rings. The minimum atomic E-state index is -1.56. The summed E-state index contributed by atoms with van der Waals surface area (Å²) < 4.78 is 39.5. The molecule has 0 aliphatic carbocycles. The Hall–Kier alpha value is -2.02. The van der Waals surface area contributed by atoms with Crippen LogP contribution in [0.15, 0.2) is 12.1 Å². The van der Waals surface area contributed by atoms with Crippen molar-refractivity contribution in [3.05, 3.63) is 40.0 Å². The number of carbonyl (C=O) groups is 1. The van der Waals surface area contributed by atoms with E-state index < -0.39 is 23.4 Å². The highest BCUT2D eigenvalue weighted by atomic mass is 32.1. The number of aromatic carboxylic acids is 1. The van der Waals surface area contributed by atoms with Crippen LogP contribution in [-0.4, -0.2) is 11.1 Å². The molecular formula is C13H10F3NO2S. The molecule has 20 heavy (non-hydrogen) atoms. The van der Waals surface area contributed by atoms with Crippen molar-refractivity contribution in [3.63, 3.8) is 0 Å². The van der Waals surface area contributed by atoms with Crippen molar-refractivity contribution < 1.29 is 23.1 Å². The van der Waals surface area contributed by atoms with E-state index in [2.05, 4.69) is 0 Å². The third kappa shape index (κ3) is 2.24. The molecule has 3 N–H and O–H groups in total. The number of anilines is 1. The molecule has 0 atom stereocenters. The van der Waals surface area contributed by atoms with Crippen LogP contribution < -0.4 is 5.73 Å². The molecule has 106 valence electrons. The number of halogens is 3. The second kappa shape index (κ2) is 5.16. The van der Waals surface area contributed by atoms with Crippen LogP contribution in [0.3, 0.4) is 0 Å². The summed E-state index contributed by atoms with van der Waals surface area (Å²) in [5.74, 6) is -5.43. The Morgan fingerprint density at radius 3 is 2.30 bits per heavy atom. The topological polar surface area (TPSA) is 63.3 Å². The standard InChI is InChI=1S/C13H10F3NO2S/c1-2-6-10(17)12(13(18)19)20-11(6)5-3-7(14)9(16)8(15)4-5/h3-4H,2,17H2,1H3,(H,18,19). The summed E-state index contributed by atoms with van der Waals surface area (Å²) in [6, 6.07) is 1.66. The van der Waals surface area contributed by atoms with Crippen molar-refractivity contribution in [2.75, 3.05) is 5.73 Å². The Morgan fingerprint density at radius 2 is 1.85 bits per heavy atom. The van der Waals surface area contributed by atoms with Gasteiger partial charge in [0.05, 0.1) is 5.69 Å². The first kappa shape index (κ1) is 14.4. The summed E-state index contributed by atoms with van der Waals surface area (Å²) in [7, 11) is 0. The monoisotopic (exact) mass is 301 g/mol. The molecule has 0 spiro atoms. The van der Waals surface area contributed by atoms with Crippen molar-refractivity contribution in [1.82, 2.24) is 0 Å². The Bertz CT molecular complexity index is 674. The predicted molar refractivity (Wildman–Crippen MR) is 70.4 cm³/mol. The SMILES string of the molecule is CCc1c(-c2cc(F)c(F)c(F)c2)sc(C(=O)O)c1N. The van der Waals surface area contributed by atoms with E-state index in [1.807, 2.05) is 0 Å². The highest BCUT2D eigenvalue weighted by Crippen LogP contribution is 2.39. The number of nitrogens with two attached hydrogens (primary N) is 1. The van der Waals surface area contributed by atoms with Crippen LogP contribution >= 0.6 is 11.3 Å². The van der Waals surface area contributed by atoms with Crippen LogP contribution in [0.25, 0.3) is 10.4 Å². The van der Waals surface area contributed by atoms with Crippen LogP contribution in [0.2, 0.25) is 0 Å². The number of nitrogen functional groups attached to an aromatic ring is 1. The minimum absolute atomic E-state index is 0.0717. The summed E-state index contributed by atoms with van der Waals surface area (Å²) >= 11 is 0.815. The lowest BCUT2D eigenvalue weighted by atomic mass is 10.1.